The summed E-state index contributed by atoms with van der Waals surface area (Å²) in [6, 6.07) is 2.00. The van der Waals surface area contributed by atoms with Crippen molar-refractivity contribution in [3.63, 3.8) is 0 Å². The molecule has 0 aromatic carbocycles. The number of hydrogen-bond donors (Lipinski definition) is 0. The molecule has 0 aromatic rings. The molecule has 0 N–H and O–H groups in total. The van der Waals surface area contributed by atoms with Crippen LogP contribution in [0.2, 0.25) is 0 Å². The molecule has 1 rings (SSSR count). The lowest BCUT2D eigenvalue weighted by Gasteiger charge is -2.24. The van der Waals surface area contributed by atoms with Gasteiger partial charge in [-0.3, -0.25) is 9.59 Å². The van der Waals surface area contributed by atoms with Crippen LogP contribution in [0.25, 0.3) is 0 Å². The summed E-state index contributed by atoms with van der Waals surface area (Å²) in [4.78, 5) is 23.7. The highest BCUT2D eigenvalue weighted by Crippen LogP contribution is 2.43. The van der Waals surface area contributed by atoms with Gasteiger partial charge in [0.25, 0.3) is 0 Å². The number of carbonyl (C=O) groups excluding carboxylic acids is 2. The lowest BCUT2D eigenvalue weighted by Crippen LogP contribution is -2.34. The second-order valence-electron chi connectivity index (χ2n) is 4.82. The third kappa shape index (κ3) is 3.25. The number of carbonyl (C=O) groups is 2. The van der Waals surface area contributed by atoms with Crippen molar-refractivity contribution >= 4 is 11.9 Å². The van der Waals surface area contributed by atoms with E-state index in [0.717, 1.165) is 12.8 Å². The van der Waals surface area contributed by atoms with Crippen LogP contribution >= 0.6 is 0 Å². The van der Waals surface area contributed by atoms with E-state index in [-0.39, 0.29) is 30.3 Å². The van der Waals surface area contributed by atoms with Crippen molar-refractivity contribution in [3.8, 4) is 6.07 Å². The molecule has 5 nitrogen and oxygen atoms in total. The van der Waals surface area contributed by atoms with Crippen molar-refractivity contribution in [2.45, 2.75) is 33.1 Å². The van der Waals surface area contributed by atoms with Crippen LogP contribution in [0.4, 0.5) is 0 Å². The minimum Gasteiger partial charge on any atom is -0.469 e. The fourth-order valence-electron chi connectivity index (χ4n) is 3.01. The zero-order chi connectivity index (χ0) is 14.4. The molecule has 106 valence electrons. The Morgan fingerprint density at radius 3 is 2.53 bits per heavy atom. The number of hydrogen-bond acceptors (Lipinski definition) is 5. The minimum absolute atomic E-state index is 0.183. The molecular weight excluding hydrogens is 246 g/mol. The van der Waals surface area contributed by atoms with Gasteiger partial charge >= 0.3 is 11.9 Å². The van der Waals surface area contributed by atoms with Crippen LogP contribution in [0.1, 0.15) is 33.1 Å². The molecule has 0 radical (unpaired) electrons. The number of esters is 2. The zero-order valence-corrected chi connectivity index (χ0v) is 11.7. The summed E-state index contributed by atoms with van der Waals surface area (Å²) < 4.78 is 9.75. The molecule has 0 amide bonds. The average molecular weight is 267 g/mol. The van der Waals surface area contributed by atoms with E-state index in [9.17, 15) is 14.9 Å². The maximum absolute atomic E-state index is 11.9. The third-order valence-corrected chi connectivity index (χ3v) is 3.95. The van der Waals surface area contributed by atoms with Crippen LogP contribution in [-0.2, 0) is 19.1 Å². The van der Waals surface area contributed by atoms with Gasteiger partial charge in [-0.2, -0.15) is 5.26 Å². The molecule has 1 saturated carbocycles. The van der Waals surface area contributed by atoms with E-state index in [1.807, 2.05) is 13.0 Å². The largest absolute Gasteiger partial charge is 0.469 e. The molecule has 0 spiro atoms. The highest BCUT2D eigenvalue weighted by molar-refractivity contribution is 5.79. The smallest absolute Gasteiger partial charge is 0.323 e. The van der Waals surface area contributed by atoms with E-state index in [1.54, 1.807) is 6.92 Å². The quantitative estimate of drug-likeness (QED) is 0.711. The summed E-state index contributed by atoms with van der Waals surface area (Å²) in [7, 11) is 1.34. The van der Waals surface area contributed by atoms with E-state index in [0.29, 0.717) is 6.42 Å². The molecular formula is C14H21NO4. The molecule has 1 aliphatic carbocycles. The van der Waals surface area contributed by atoms with Crippen molar-refractivity contribution in [2.24, 2.45) is 23.7 Å². The van der Waals surface area contributed by atoms with Gasteiger partial charge in [0, 0.05) is 0 Å². The average Bonchev–Trinajstić information content (AvgIpc) is 2.82. The predicted octanol–water partition coefficient (Wildman–Crippen LogP) is 1.91. The predicted molar refractivity (Wildman–Crippen MR) is 67.7 cm³/mol. The Morgan fingerprint density at radius 1 is 1.37 bits per heavy atom. The van der Waals surface area contributed by atoms with E-state index < -0.39 is 11.9 Å². The molecule has 19 heavy (non-hydrogen) atoms. The first-order valence-corrected chi connectivity index (χ1v) is 6.74. The minimum atomic E-state index is -0.874. The Kier molecular flexibility index (Phi) is 5.81. The molecule has 0 aromatic heterocycles. The van der Waals surface area contributed by atoms with E-state index in [4.69, 9.17) is 9.47 Å². The number of nitriles is 1. The lowest BCUT2D eigenvalue weighted by atomic mass is 9.80. The summed E-state index contributed by atoms with van der Waals surface area (Å²) in [6.45, 7) is 3.95. The van der Waals surface area contributed by atoms with E-state index >= 15 is 0 Å². The Labute approximate surface area is 113 Å². The molecule has 1 aliphatic rings. The standard InChI is InChI=1S/C14H21NO4/c1-4-9-6-7-10(12(9)14(17)18-3)11(8-15)13(16)19-5-2/h9-12H,4-7H2,1-3H3. The highest BCUT2D eigenvalue weighted by Gasteiger charge is 2.47. The van der Waals surface area contributed by atoms with Gasteiger partial charge in [0.2, 0.25) is 0 Å². The van der Waals surface area contributed by atoms with Gasteiger partial charge in [0.1, 0.15) is 5.92 Å². The van der Waals surface area contributed by atoms with Crippen LogP contribution in [-0.4, -0.2) is 25.7 Å². The molecule has 4 atom stereocenters. The fourth-order valence-corrected chi connectivity index (χ4v) is 3.01. The van der Waals surface area contributed by atoms with Crippen molar-refractivity contribution in [1.82, 2.24) is 0 Å². The van der Waals surface area contributed by atoms with Gasteiger partial charge in [-0.1, -0.05) is 13.3 Å². The zero-order valence-electron chi connectivity index (χ0n) is 11.7. The first-order chi connectivity index (χ1) is 9.10. The Balaban J connectivity index is 2.93. The van der Waals surface area contributed by atoms with E-state index in [1.165, 1.54) is 7.11 Å². The first kappa shape index (κ1) is 15.5. The van der Waals surface area contributed by atoms with Crippen LogP contribution in [0.5, 0.6) is 0 Å². The molecule has 0 bridgehead atoms. The van der Waals surface area contributed by atoms with Crippen molar-refractivity contribution in [1.29, 1.82) is 5.26 Å². The van der Waals surface area contributed by atoms with Gasteiger partial charge in [0.15, 0.2) is 0 Å². The maximum Gasteiger partial charge on any atom is 0.323 e. The number of methoxy groups -OCH3 is 1. The SMILES string of the molecule is CCOC(=O)C(C#N)C1CCC(CC)C1C(=O)OC. The molecule has 1 fully saturated rings. The van der Waals surface area contributed by atoms with Crippen molar-refractivity contribution in [3.05, 3.63) is 0 Å². The van der Waals surface area contributed by atoms with Gasteiger partial charge < -0.3 is 9.47 Å². The summed E-state index contributed by atoms with van der Waals surface area (Å²) in [6.07, 6.45) is 2.38. The molecule has 0 aliphatic heterocycles. The maximum atomic E-state index is 11.9. The Bertz CT molecular complexity index is 374. The normalized spacial score (nSPS) is 27.4. The second kappa shape index (κ2) is 7.13. The van der Waals surface area contributed by atoms with Crippen LogP contribution in [0.15, 0.2) is 0 Å². The monoisotopic (exact) mass is 267 g/mol. The molecule has 5 heteroatoms. The van der Waals surface area contributed by atoms with Gasteiger partial charge in [-0.15, -0.1) is 0 Å². The van der Waals surface area contributed by atoms with Crippen molar-refractivity contribution < 1.29 is 19.1 Å². The van der Waals surface area contributed by atoms with Gasteiger partial charge in [-0.05, 0) is 31.6 Å². The fraction of sp³-hybridized carbons (Fsp3) is 0.786. The van der Waals surface area contributed by atoms with Crippen LogP contribution < -0.4 is 0 Å². The Hall–Kier alpha value is -1.57. The molecule has 4 unspecified atom stereocenters. The number of nitrogens with zero attached hydrogens (tertiary/aromatic N) is 1. The summed E-state index contributed by atoms with van der Waals surface area (Å²) in [5.41, 5.74) is 0. The summed E-state index contributed by atoms with van der Waals surface area (Å²) in [5.74, 6) is -2.20. The number of ether oxygens (including phenoxy) is 2. The molecule has 0 heterocycles. The van der Waals surface area contributed by atoms with Crippen molar-refractivity contribution in [2.75, 3.05) is 13.7 Å². The first-order valence-electron chi connectivity index (χ1n) is 6.74. The topological polar surface area (TPSA) is 76.4 Å². The van der Waals surface area contributed by atoms with Crippen LogP contribution in [0, 0.1) is 35.0 Å². The lowest BCUT2D eigenvalue weighted by molar-refractivity contribution is -0.153. The highest BCUT2D eigenvalue weighted by atomic mass is 16.5. The second-order valence-corrected chi connectivity index (χ2v) is 4.82. The third-order valence-electron chi connectivity index (χ3n) is 3.95. The summed E-state index contributed by atoms with van der Waals surface area (Å²) >= 11 is 0. The van der Waals surface area contributed by atoms with Gasteiger partial charge in [-0.25, -0.2) is 0 Å². The van der Waals surface area contributed by atoms with Gasteiger partial charge in [0.05, 0.1) is 25.7 Å². The van der Waals surface area contributed by atoms with E-state index in [2.05, 4.69) is 0 Å². The molecule has 0 saturated heterocycles. The summed E-state index contributed by atoms with van der Waals surface area (Å²) in [5, 5.41) is 9.21. The Morgan fingerprint density at radius 2 is 2.05 bits per heavy atom. The van der Waals surface area contributed by atoms with Crippen LogP contribution in [0.3, 0.4) is 0 Å². The number of rotatable bonds is 5.